The molecule has 7 heteroatoms. The standard InChI is InChI=1S/C14H12N4O2S/c1-9(7-15)20-18-13(19)11-5-3-4-6-12(11)17-14(18)21-10(2)8-16/h3-6,9-10H,1-2H3/t9-,10-/m1/s1. The number of aromatic nitrogens is 2. The molecule has 2 atom stereocenters. The molecule has 1 heterocycles. The molecule has 1 aromatic heterocycles. The van der Waals surface area contributed by atoms with E-state index < -0.39 is 16.9 Å². The fourth-order valence-corrected chi connectivity index (χ4v) is 2.37. The number of para-hydroxylation sites is 1. The van der Waals surface area contributed by atoms with E-state index in [2.05, 4.69) is 11.1 Å². The average molecular weight is 300 g/mol. The van der Waals surface area contributed by atoms with Crippen LogP contribution in [0.5, 0.6) is 0 Å². The number of benzene rings is 1. The molecule has 0 aliphatic carbocycles. The van der Waals surface area contributed by atoms with E-state index in [1.54, 1.807) is 31.2 Å². The molecule has 106 valence electrons. The maximum Gasteiger partial charge on any atom is 0.295 e. The second-order valence-corrected chi connectivity index (χ2v) is 5.58. The highest BCUT2D eigenvalue weighted by Crippen LogP contribution is 2.21. The first-order valence-electron chi connectivity index (χ1n) is 6.21. The largest absolute Gasteiger partial charge is 0.390 e. The quantitative estimate of drug-likeness (QED) is 0.631. The molecular weight excluding hydrogens is 288 g/mol. The fourth-order valence-electron chi connectivity index (χ4n) is 1.63. The Bertz CT molecular complexity index is 803. The van der Waals surface area contributed by atoms with Crippen LogP contribution in [0.1, 0.15) is 13.8 Å². The topological polar surface area (TPSA) is 91.7 Å². The second-order valence-electron chi connectivity index (χ2n) is 4.28. The van der Waals surface area contributed by atoms with Crippen molar-refractivity contribution in [3.63, 3.8) is 0 Å². The molecule has 6 nitrogen and oxygen atoms in total. The molecule has 0 amide bonds. The summed E-state index contributed by atoms with van der Waals surface area (Å²) in [5.41, 5.74) is 0.134. The summed E-state index contributed by atoms with van der Waals surface area (Å²) in [5, 5.41) is 18.0. The van der Waals surface area contributed by atoms with Gasteiger partial charge < -0.3 is 4.84 Å². The second kappa shape index (κ2) is 6.29. The minimum atomic E-state index is -0.803. The highest BCUT2D eigenvalue weighted by atomic mass is 32.2. The van der Waals surface area contributed by atoms with Gasteiger partial charge in [-0.1, -0.05) is 23.9 Å². The summed E-state index contributed by atoms with van der Waals surface area (Å²) < 4.78 is 0.995. The van der Waals surface area contributed by atoms with Crippen LogP contribution in [0.15, 0.2) is 34.2 Å². The van der Waals surface area contributed by atoms with Crippen molar-refractivity contribution in [3.8, 4) is 12.1 Å². The number of nitriles is 2. The van der Waals surface area contributed by atoms with Gasteiger partial charge in [0.05, 0.1) is 22.2 Å². The first-order valence-corrected chi connectivity index (χ1v) is 7.09. The predicted octanol–water partition coefficient (Wildman–Crippen LogP) is 1.74. The summed E-state index contributed by atoms with van der Waals surface area (Å²) >= 11 is 1.11. The highest BCUT2D eigenvalue weighted by molar-refractivity contribution is 8.00. The summed E-state index contributed by atoms with van der Waals surface area (Å²) in [7, 11) is 0. The van der Waals surface area contributed by atoms with E-state index >= 15 is 0 Å². The van der Waals surface area contributed by atoms with Gasteiger partial charge in [0.1, 0.15) is 6.07 Å². The molecule has 0 bridgehead atoms. The number of nitrogens with zero attached hydrogens (tertiary/aromatic N) is 4. The van der Waals surface area contributed by atoms with Crippen molar-refractivity contribution in [2.24, 2.45) is 0 Å². The predicted molar refractivity (Wildman–Crippen MR) is 78.6 cm³/mol. The van der Waals surface area contributed by atoms with Gasteiger partial charge in [-0.3, -0.25) is 4.79 Å². The molecule has 0 saturated heterocycles. The monoisotopic (exact) mass is 300 g/mol. The normalized spacial score (nSPS) is 13.1. The van der Waals surface area contributed by atoms with Gasteiger partial charge in [-0.05, 0) is 26.0 Å². The van der Waals surface area contributed by atoms with Gasteiger partial charge in [0, 0.05) is 0 Å². The third-order valence-electron chi connectivity index (χ3n) is 2.62. The molecule has 1 aromatic carbocycles. The number of hydrogen-bond donors (Lipinski definition) is 0. The number of rotatable bonds is 4. The van der Waals surface area contributed by atoms with Crippen molar-refractivity contribution in [3.05, 3.63) is 34.6 Å². The lowest BCUT2D eigenvalue weighted by Gasteiger charge is -2.15. The Balaban J connectivity index is 2.63. The van der Waals surface area contributed by atoms with Crippen LogP contribution < -0.4 is 10.4 Å². The third-order valence-corrected chi connectivity index (χ3v) is 3.54. The van der Waals surface area contributed by atoms with Gasteiger partial charge in [0.25, 0.3) is 5.56 Å². The van der Waals surface area contributed by atoms with Gasteiger partial charge in [-0.25, -0.2) is 4.98 Å². The molecule has 21 heavy (non-hydrogen) atoms. The van der Waals surface area contributed by atoms with Crippen LogP contribution in [0.25, 0.3) is 10.9 Å². The maximum absolute atomic E-state index is 12.5. The van der Waals surface area contributed by atoms with Crippen LogP contribution in [-0.2, 0) is 0 Å². The number of fused-ring (bicyclic) bond motifs is 1. The summed E-state index contributed by atoms with van der Waals surface area (Å²) in [5.74, 6) is 0. The van der Waals surface area contributed by atoms with E-state index in [0.717, 1.165) is 16.5 Å². The van der Waals surface area contributed by atoms with Crippen LogP contribution in [0.4, 0.5) is 0 Å². The summed E-state index contributed by atoms with van der Waals surface area (Å²) in [4.78, 5) is 22.1. The number of thioether (sulfide) groups is 1. The zero-order valence-corrected chi connectivity index (χ0v) is 12.3. The Morgan fingerprint density at radius 2 is 2.00 bits per heavy atom. The van der Waals surface area contributed by atoms with E-state index in [1.165, 1.54) is 6.92 Å². The molecule has 2 rings (SSSR count). The molecular formula is C14H12N4O2S. The summed E-state index contributed by atoms with van der Waals surface area (Å²) in [6.45, 7) is 3.23. The van der Waals surface area contributed by atoms with Crippen LogP contribution >= 0.6 is 11.8 Å². The smallest absolute Gasteiger partial charge is 0.295 e. The van der Waals surface area contributed by atoms with Gasteiger partial charge in [0.2, 0.25) is 11.3 Å². The molecule has 2 aromatic rings. The lowest BCUT2D eigenvalue weighted by molar-refractivity contribution is 0.0536. The average Bonchev–Trinajstić information content (AvgIpc) is 2.50. The van der Waals surface area contributed by atoms with Gasteiger partial charge >= 0.3 is 0 Å². The lowest BCUT2D eigenvalue weighted by Crippen LogP contribution is -2.33. The van der Waals surface area contributed by atoms with E-state index in [-0.39, 0.29) is 5.16 Å². The Labute approximate surface area is 125 Å². The van der Waals surface area contributed by atoms with Crippen molar-refractivity contribution in [2.75, 3.05) is 0 Å². The SMILES string of the molecule is C[C@H](C#N)On1c(S[C@H](C)C#N)nc2ccccc2c1=O. The van der Waals surface area contributed by atoms with Gasteiger partial charge in [-0.2, -0.15) is 10.5 Å². The van der Waals surface area contributed by atoms with Crippen molar-refractivity contribution in [2.45, 2.75) is 30.4 Å². The van der Waals surface area contributed by atoms with Crippen LogP contribution in [0, 0.1) is 22.7 Å². The van der Waals surface area contributed by atoms with Crippen molar-refractivity contribution in [1.29, 1.82) is 10.5 Å². The highest BCUT2D eigenvalue weighted by Gasteiger charge is 2.17. The Morgan fingerprint density at radius 1 is 1.29 bits per heavy atom. The van der Waals surface area contributed by atoms with Crippen LogP contribution in [-0.4, -0.2) is 21.1 Å². The molecule has 0 aliphatic rings. The summed E-state index contributed by atoms with van der Waals surface area (Å²) in [6.07, 6.45) is -0.803. The molecule has 0 fully saturated rings. The van der Waals surface area contributed by atoms with E-state index in [9.17, 15) is 4.79 Å². The lowest BCUT2D eigenvalue weighted by atomic mass is 10.2. The van der Waals surface area contributed by atoms with Crippen LogP contribution in [0.3, 0.4) is 0 Å². The minimum absolute atomic E-state index is 0.259. The van der Waals surface area contributed by atoms with Crippen molar-refractivity contribution in [1.82, 2.24) is 9.71 Å². The molecule has 0 aliphatic heterocycles. The maximum atomic E-state index is 12.5. The van der Waals surface area contributed by atoms with Crippen LogP contribution in [0.2, 0.25) is 0 Å². The Hall–Kier alpha value is -2.51. The zero-order chi connectivity index (χ0) is 15.4. The van der Waals surface area contributed by atoms with E-state index in [0.29, 0.717) is 10.9 Å². The first-order chi connectivity index (χ1) is 10.1. The Kier molecular flexibility index (Phi) is 4.46. The molecule has 0 saturated carbocycles. The Morgan fingerprint density at radius 3 is 2.67 bits per heavy atom. The van der Waals surface area contributed by atoms with Crippen molar-refractivity contribution < 1.29 is 4.84 Å². The zero-order valence-electron chi connectivity index (χ0n) is 11.5. The molecule has 0 unspecified atom stereocenters. The third kappa shape index (κ3) is 3.15. The van der Waals surface area contributed by atoms with Gasteiger partial charge in [0.15, 0.2) is 0 Å². The minimum Gasteiger partial charge on any atom is -0.390 e. The molecule has 0 spiro atoms. The molecule has 0 N–H and O–H groups in total. The van der Waals surface area contributed by atoms with E-state index in [1.807, 2.05) is 6.07 Å². The fraction of sp³-hybridized carbons (Fsp3) is 0.286. The number of hydrogen-bond acceptors (Lipinski definition) is 6. The summed E-state index contributed by atoms with van der Waals surface area (Å²) in [6, 6.07) is 10.8. The first kappa shape index (κ1) is 14.9. The van der Waals surface area contributed by atoms with Crippen molar-refractivity contribution >= 4 is 22.7 Å². The van der Waals surface area contributed by atoms with Gasteiger partial charge in [-0.15, -0.1) is 4.73 Å². The molecule has 0 radical (unpaired) electrons. The van der Waals surface area contributed by atoms with E-state index in [4.69, 9.17) is 15.4 Å².